The topological polar surface area (TPSA) is 12.0 Å². The highest BCUT2D eigenvalue weighted by molar-refractivity contribution is 7.99. The van der Waals surface area contributed by atoms with Crippen LogP contribution >= 0.6 is 23.4 Å². The van der Waals surface area contributed by atoms with E-state index < -0.39 is 0 Å². The molecule has 0 aromatic heterocycles. The maximum absolute atomic E-state index is 5.89. The maximum Gasteiger partial charge on any atom is 0.0406 e. The number of halogens is 1. The van der Waals surface area contributed by atoms with Crippen LogP contribution in [-0.4, -0.2) is 17.5 Å². The predicted octanol–water partition coefficient (Wildman–Crippen LogP) is 3.89. The maximum atomic E-state index is 5.89. The fourth-order valence-corrected chi connectivity index (χ4v) is 3.30. The number of hydrogen-bond donors (Lipinski definition) is 1. The van der Waals surface area contributed by atoms with Gasteiger partial charge in [0.05, 0.1) is 0 Å². The van der Waals surface area contributed by atoms with E-state index in [0.717, 1.165) is 5.02 Å². The molecule has 1 aliphatic heterocycles. The van der Waals surface area contributed by atoms with Crippen LogP contribution < -0.4 is 5.32 Å². The normalized spacial score (nSPS) is 19.6. The van der Waals surface area contributed by atoms with Crippen LogP contribution in [0.2, 0.25) is 5.02 Å². The van der Waals surface area contributed by atoms with Gasteiger partial charge in [-0.1, -0.05) is 23.7 Å². The summed E-state index contributed by atoms with van der Waals surface area (Å²) in [4.78, 5) is 0. The summed E-state index contributed by atoms with van der Waals surface area (Å²) in [6.07, 6.45) is 2.59. The van der Waals surface area contributed by atoms with Crippen molar-refractivity contribution in [3.05, 3.63) is 34.9 Å². The second-order valence-electron chi connectivity index (χ2n) is 4.33. The summed E-state index contributed by atoms with van der Waals surface area (Å²) < 4.78 is 0. The van der Waals surface area contributed by atoms with Crippen molar-refractivity contribution in [1.82, 2.24) is 5.32 Å². The molecule has 1 nitrogen and oxygen atoms in total. The molecule has 0 radical (unpaired) electrons. The van der Waals surface area contributed by atoms with E-state index in [4.69, 9.17) is 11.6 Å². The molecular weight excluding hydrogens is 238 g/mol. The third-order valence-corrected chi connectivity index (χ3v) is 4.38. The Morgan fingerprint density at radius 3 is 2.50 bits per heavy atom. The van der Waals surface area contributed by atoms with Crippen molar-refractivity contribution in [2.75, 3.05) is 11.5 Å². The molecule has 1 saturated heterocycles. The van der Waals surface area contributed by atoms with E-state index in [1.165, 1.54) is 29.9 Å². The van der Waals surface area contributed by atoms with Crippen LogP contribution in [0.4, 0.5) is 0 Å². The zero-order valence-electron chi connectivity index (χ0n) is 9.58. The molecule has 1 aromatic carbocycles. The summed E-state index contributed by atoms with van der Waals surface area (Å²) in [5.41, 5.74) is 1.32. The molecule has 0 saturated carbocycles. The van der Waals surface area contributed by atoms with Crippen molar-refractivity contribution in [2.24, 2.45) is 0 Å². The number of nitrogens with one attached hydrogen (secondary N) is 1. The Balaban J connectivity index is 1.91. The highest BCUT2D eigenvalue weighted by Gasteiger charge is 2.16. The second kappa shape index (κ2) is 5.95. The predicted molar refractivity (Wildman–Crippen MR) is 73.3 cm³/mol. The van der Waals surface area contributed by atoms with Gasteiger partial charge in [0.25, 0.3) is 0 Å². The summed E-state index contributed by atoms with van der Waals surface area (Å²) in [6.45, 7) is 2.23. The van der Waals surface area contributed by atoms with Gasteiger partial charge < -0.3 is 5.32 Å². The Morgan fingerprint density at radius 2 is 1.88 bits per heavy atom. The van der Waals surface area contributed by atoms with Crippen molar-refractivity contribution in [3.8, 4) is 0 Å². The van der Waals surface area contributed by atoms with E-state index in [9.17, 15) is 0 Å². The zero-order chi connectivity index (χ0) is 11.4. The van der Waals surface area contributed by atoms with Gasteiger partial charge in [-0.25, -0.2) is 0 Å². The first-order valence-corrected chi connectivity index (χ1v) is 7.38. The minimum Gasteiger partial charge on any atom is -0.307 e. The third-order valence-electron chi connectivity index (χ3n) is 3.08. The second-order valence-corrected chi connectivity index (χ2v) is 5.99. The Hall–Kier alpha value is -0.180. The molecule has 2 rings (SSSR count). The molecule has 1 aliphatic rings. The van der Waals surface area contributed by atoms with Gasteiger partial charge in [-0.2, -0.15) is 11.8 Å². The van der Waals surface area contributed by atoms with E-state index in [0.29, 0.717) is 12.1 Å². The number of hydrogen-bond acceptors (Lipinski definition) is 2. The van der Waals surface area contributed by atoms with Crippen LogP contribution in [0.15, 0.2) is 24.3 Å². The smallest absolute Gasteiger partial charge is 0.0406 e. The van der Waals surface area contributed by atoms with E-state index in [1.807, 2.05) is 12.1 Å². The molecule has 1 aromatic rings. The fraction of sp³-hybridized carbons (Fsp3) is 0.538. The molecule has 16 heavy (non-hydrogen) atoms. The first-order chi connectivity index (χ1) is 7.75. The summed E-state index contributed by atoms with van der Waals surface area (Å²) in [5.74, 6) is 2.59. The molecular formula is C13H18ClNS. The molecule has 0 spiro atoms. The van der Waals surface area contributed by atoms with Crippen molar-refractivity contribution >= 4 is 23.4 Å². The van der Waals surface area contributed by atoms with E-state index in [2.05, 4.69) is 36.1 Å². The van der Waals surface area contributed by atoms with Crippen LogP contribution in [0, 0.1) is 0 Å². The first kappa shape index (κ1) is 12.3. The molecule has 3 heteroatoms. The van der Waals surface area contributed by atoms with E-state index in [1.54, 1.807) is 0 Å². The molecule has 1 atom stereocenters. The van der Waals surface area contributed by atoms with E-state index >= 15 is 0 Å². The molecule has 0 bridgehead atoms. The van der Waals surface area contributed by atoms with Gasteiger partial charge in [0.15, 0.2) is 0 Å². The number of benzene rings is 1. The van der Waals surface area contributed by atoms with Crippen molar-refractivity contribution in [2.45, 2.75) is 31.8 Å². The lowest BCUT2D eigenvalue weighted by atomic mass is 10.1. The SMILES string of the molecule is CC(NC1CCSCC1)c1ccc(Cl)cc1. The van der Waals surface area contributed by atoms with Gasteiger partial charge in [-0.15, -0.1) is 0 Å². The summed E-state index contributed by atoms with van der Waals surface area (Å²) in [7, 11) is 0. The summed E-state index contributed by atoms with van der Waals surface area (Å²) in [5, 5.41) is 4.51. The summed E-state index contributed by atoms with van der Waals surface area (Å²) in [6, 6.07) is 9.25. The average molecular weight is 256 g/mol. The molecule has 1 N–H and O–H groups in total. The van der Waals surface area contributed by atoms with Gasteiger partial charge >= 0.3 is 0 Å². The average Bonchev–Trinajstić information content (AvgIpc) is 2.31. The monoisotopic (exact) mass is 255 g/mol. The van der Waals surface area contributed by atoms with Gasteiger partial charge in [-0.3, -0.25) is 0 Å². The van der Waals surface area contributed by atoms with Crippen LogP contribution in [0.1, 0.15) is 31.4 Å². The fourth-order valence-electron chi connectivity index (χ4n) is 2.07. The van der Waals surface area contributed by atoms with Gasteiger partial charge in [0, 0.05) is 17.1 Å². The Kier molecular flexibility index (Phi) is 4.56. The Bertz CT molecular complexity index is 319. The Morgan fingerprint density at radius 1 is 1.25 bits per heavy atom. The molecule has 88 valence electrons. The van der Waals surface area contributed by atoms with Crippen LogP contribution in [0.25, 0.3) is 0 Å². The zero-order valence-corrected chi connectivity index (χ0v) is 11.2. The number of rotatable bonds is 3. The molecule has 0 aliphatic carbocycles. The first-order valence-electron chi connectivity index (χ1n) is 5.85. The Labute approximate surface area is 107 Å². The standard InChI is InChI=1S/C13H18ClNS/c1-10(11-2-4-12(14)5-3-11)15-13-6-8-16-9-7-13/h2-5,10,13,15H,6-9H2,1H3. The third kappa shape index (κ3) is 3.41. The number of thioether (sulfide) groups is 1. The van der Waals surface area contributed by atoms with Crippen LogP contribution in [0.3, 0.4) is 0 Å². The van der Waals surface area contributed by atoms with Crippen molar-refractivity contribution < 1.29 is 0 Å². The van der Waals surface area contributed by atoms with Gasteiger partial charge in [-0.05, 0) is 49.0 Å². The summed E-state index contributed by atoms with van der Waals surface area (Å²) >= 11 is 7.95. The largest absolute Gasteiger partial charge is 0.307 e. The quantitative estimate of drug-likeness (QED) is 0.880. The minimum absolute atomic E-state index is 0.422. The van der Waals surface area contributed by atoms with Crippen molar-refractivity contribution in [1.29, 1.82) is 0 Å². The minimum atomic E-state index is 0.422. The van der Waals surface area contributed by atoms with Crippen LogP contribution in [-0.2, 0) is 0 Å². The lowest BCUT2D eigenvalue weighted by molar-refractivity contribution is 0.431. The molecule has 1 unspecified atom stereocenters. The van der Waals surface area contributed by atoms with E-state index in [-0.39, 0.29) is 0 Å². The molecule has 1 fully saturated rings. The van der Waals surface area contributed by atoms with Gasteiger partial charge in [0.2, 0.25) is 0 Å². The highest BCUT2D eigenvalue weighted by atomic mass is 35.5. The lowest BCUT2D eigenvalue weighted by Gasteiger charge is -2.26. The molecule has 1 heterocycles. The lowest BCUT2D eigenvalue weighted by Crippen LogP contribution is -2.34. The van der Waals surface area contributed by atoms with Gasteiger partial charge in [0.1, 0.15) is 0 Å². The highest BCUT2D eigenvalue weighted by Crippen LogP contribution is 2.21. The molecule has 0 amide bonds. The van der Waals surface area contributed by atoms with Crippen LogP contribution in [0.5, 0.6) is 0 Å². The van der Waals surface area contributed by atoms with Crippen molar-refractivity contribution in [3.63, 3.8) is 0 Å².